The molecule has 2 N–H and O–H groups in total. The second kappa shape index (κ2) is 9.93. The first-order chi connectivity index (χ1) is 14.4. The Morgan fingerprint density at radius 3 is 2.70 bits per heavy atom. The topological polar surface area (TPSA) is 87.2 Å². The summed E-state index contributed by atoms with van der Waals surface area (Å²) in [5, 5.41) is 7.64. The molecule has 0 saturated carbocycles. The minimum absolute atomic E-state index is 0.114. The number of amides is 3. The van der Waals surface area contributed by atoms with Crippen molar-refractivity contribution in [2.45, 2.75) is 33.0 Å². The van der Waals surface area contributed by atoms with Crippen LogP contribution in [0.2, 0.25) is 0 Å². The number of hydrogen-bond donors (Lipinski definition) is 2. The summed E-state index contributed by atoms with van der Waals surface area (Å²) in [6.07, 6.45) is 3.35. The van der Waals surface area contributed by atoms with Crippen molar-refractivity contribution >= 4 is 29.0 Å². The zero-order chi connectivity index (χ0) is 21.5. The van der Waals surface area contributed by atoms with Crippen LogP contribution in [0, 0.1) is 5.82 Å². The summed E-state index contributed by atoms with van der Waals surface area (Å²) in [5.41, 5.74) is 1.29. The smallest absolute Gasteiger partial charge is 0.322 e. The number of urea groups is 1. The molecule has 0 atom stereocenters. The van der Waals surface area contributed by atoms with Crippen LogP contribution < -0.4 is 10.6 Å². The fourth-order valence-corrected chi connectivity index (χ4v) is 3.42. The van der Waals surface area contributed by atoms with Crippen LogP contribution in [0.3, 0.4) is 0 Å². The minimum atomic E-state index is -0.503. The molecule has 0 bridgehead atoms. The van der Waals surface area contributed by atoms with E-state index in [4.69, 9.17) is 0 Å². The van der Waals surface area contributed by atoms with Crippen molar-refractivity contribution in [1.29, 1.82) is 0 Å². The molecule has 3 aromatic rings. The Kier molecular flexibility index (Phi) is 7.08. The summed E-state index contributed by atoms with van der Waals surface area (Å²) in [6, 6.07) is 9.07. The molecule has 0 radical (unpaired) electrons. The molecule has 0 aliphatic rings. The lowest BCUT2D eigenvalue weighted by atomic mass is 10.3. The molecule has 3 rings (SSSR count). The first kappa shape index (κ1) is 21.4. The summed E-state index contributed by atoms with van der Waals surface area (Å²) in [5.74, 6) is -0.801. The maximum absolute atomic E-state index is 13.8. The number of aromatic nitrogens is 2. The molecule has 0 spiro atoms. The Morgan fingerprint density at radius 1 is 1.20 bits per heavy atom. The third-order valence-corrected chi connectivity index (χ3v) is 5.10. The number of thiazole rings is 1. The number of pyridine rings is 1. The van der Waals surface area contributed by atoms with E-state index in [0.717, 1.165) is 5.56 Å². The van der Waals surface area contributed by atoms with Gasteiger partial charge in [-0.1, -0.05) is 18.2 Å². The highest BCUT2D eigenvalue weighted by atomic mass is 32.1. The maximum atomic E-state index is 13.8. The van der Waals surface area contributed by atoms with Crippen LogP contribution in [0.15, 0.2) is 54.2 Å². The van der Waals surface area contributed by atoms with Crippen LogP contribution >= 0.6 is 11.3 Å². The van der Waals surface area contributed by atoms with Crippen LogP contribution in [0.5, 0.6) is 0 Å². The van der Waals surface area contributed by atoms with E-state index in [0.29, 0.717) is 11.6 Å². The van der Waals surface area contributed by atoms with E-state index in [1.54, 1.807) is 36.0 Å². The molecular formula is C21H22FN5O2S. The molecule has 2 aromatic heterocycles. The van der Waals surface area contributed by atoms with Crippen molar-refractivity contribution in [3.63, 3.8) is 0 Å². The number of carbonyl (C=O) groups is 2. The number of para-hydroxylation sites is 1. The van der Waals surface area contributed by atoms with Gasteiger partial charge in [-0.15, -0.1) is 11.3 Å². The quantitative estimate of drug-likeness (QED) is 0.596. The normalized spacial score (nSPS) is 10.7. The molecule has 9 heteroatoms. The number of rotatable bonds is 7. The zero-order valence-corrected chi connectivity index (χ0v) is 17.4. The number of carbonyl (C=O) groups excluding carboxylic acids is 2. The van der Waals surface area contributed by atoms with Crippen LogP contribution in [0.25, 0.3) is 0 Å². The van der Waals surface area contributed by atoms with Crippen molar-refractivity contribution in [2.24, 2.45) is 0 Å². The van der Waals surface area contributed by atoms with Gasteiger partial charge in [0.05, 0.1) is 12.2 Å². The monoisotopic (exact) mass is 427 g/mol. The van der Waals surface area contributed by atoms with Gasteiger partial charge in [0.15, 0.2) is 0 Å². The molecule has 7 nitrogen and oxygen atoms in total. The Hall–Kier alpha value is -3.33. The van der Waals surface area contributed by atoms with Gasteiger partial charge in [-0.2, -0.15) is 0 Å². The van der Waals surface area contributed by atoms with E-state index in [-0.39, 0.29) is 29.9 Å². The summed E-state index contributed by atoms with van der Waals surface area (Å²) >= 11 is 1.29. The average Bonchev–Trinajstić information content (AvgIpc) is 3.21. The van der Waals surface area contributed by atoms with E-state index in [2.05, 4.69) is 20.6 Å². The Morgan fingerprint density at radius 2 is 2.00 bits per heavy atom. The van der Waals surface area contributed by atoms with Crippen LogP contribution in [0.4, 0.5) is 14.9 Å². The van der Waals surface area contributed by atoms with E-state index in [1.165, 1.54) is 28.4 Å². The Bertz CT molecular complexity index is 1010. The van der Waals surface area contributed by atoms with E-state index < -0.39 is 11.8 Å². The number of nitrogens with zero attached hydrogens (tertiary/aromatic N) is 3. The van der Waals surface area contributed by atoms with E-state index >= 15 is 0 Å². The Balaban J connectivity index is 1.62. The third kappa shape index (κ3) is 5.60. The number of hydrogen-bond acceptors (Lipinski definition) is 5. The molecule has 1 aromatic carbocycles. The van der Waals surface area contributed by atoms with Crippen LogP contribution in [-0.4, -0.2) is 32.8 Å². The van der Waals surface area contributed by atoms with Gasteiger partial charge in [0, 0.05) is 30.4 Å². The first-order valence-electron chi connectivity index (χ1n) is 9.37. The molecule has 0 aliphatic heterocycles. The summed E-state index contributed by atoms with van der Waals surface area (Å²) in [4.78, 5) is 34.9. The van der Waals surface area contributed by atoms with Gasteiger partial charge >= 0.3 is 6.03 Å². The molecule has 0 saturated heterocycles. The number of halogens is 1. The van der Waals surface area contributed by atoms with Gasteiger partial charge in [-0.3, -0.25) is 9.78 Å². The minimum Gasteiger partial charge on any atom is -0.347 e. The Labute approximate surface area is 178 Å². The SMILES string of the molecule is CC(C)N(Cc1nc(C(=O)NCc2cccnc2)cs1)C(=O)Nc1ccccc1F. The second-order valence-electron chi connectivity index (χ2n) is 6.80. The summed E-state index contributed by atoms with van der Waals surface area (Å²) in [6.45, 7) is 4.27. The fourth-order valence-electron chi connectivity index (χ4n) is 2.65. The number of nitrogens with one attached hydrogen (secondary N) is 2. The third-order valence-electron chi connectivity index (χ3n) is 4.27. The second-order valence-corrected chi connectivity index (χ2v) is 7.74. The molecule has 2 heterocycles. The zero-order valence-electron chi connectivity index (χ0n) is 16.6. The van der Waals surface area contributed by atoms with Gasteiger partial charge in [-0.25, -0.2) is 14.2 Å². The molecule has 0 unspecified atom stereocenters. The van der Waals surface area contributed by atoms with Crippen LogP contribution in [0.1, 0.15) is 34.9 Å². The van der Waals surface area contributed by atoms with Gasteiger partial charge in [0.1, 0.15) is 16.5 Å². The van der Waals surface area contributed by atoms with Gasteiger partial charge in [-0.05, 0) is 37.6 Å². The lowest BCUT2D eigenvalue weighted by molar-refractivity contribution is 0.0946. The van der Waals surface area contributed by atoms with Gasteiger partial charge < -0.3 is 15.5 Å². The first-order valence-corrected chi connectivity index (χ1v) is 10.3. The predicted octanol–water partition coefficient (Wildman–Crippen LogP) is 4.05. The lowest BCUT2D eigenvalue weighted by Crippen LogP contribution is -2.39. The number of anilines is 1. The molecule has 0 aliphatic carbocycles. The largest absolute Gasteiger partial charge is 0.347 e. The molecule has 0 fully saturated rings. The lowest BCUT2D eigenvalue weighted by Gasteiger charge is -2.26. The van der Waals surface area contributed by atoms with Crippen molar-refractivity contribution in [2.75, 3.05) is 5.32 Å². The van der Waals surface area contributed by atoms with E-state index in [9.17, 15) is 14.0 Å². The molecular weight excluding hydrogens is 405 g/mol. The average molecular weight is 428 g/mol. The van der Waals surface area contributed by atoms with Crippen molar-refractivity contribution in [3.05, 3.63) is 76.3 Å². The highest BCUT2D eigenvalue weighted by Crippen LogP contribution is 2.18. The van der Waals surface area contributed by atoms with Crippen molar-refractivity contribution < 1.29 is 14.0 Å². The predicted molar refractivity (Wildman–Crippen MR) is 114 cm³/mol. The molecule has 30 heavy (non-hydrogen) atoms. The summed E-state index contributed by atoms with van der Waals surface area (Å²) < 4.78 is 13.8. The van der Waals surface area contributed by atoms with Crippen molar-refractivity contribution in [3.8, 4) is 0 Å². The fraction of sp³-hybridized carbons (Fsp3) is 0.238. The molecule has 3 amide bonds. The standard InChI is InChI=1S/C21H22FN5O2S/c1-14(2)27(21(29)26-17-8-4-3-7-16(17)22)12-19-25-18(13-30-19)20(28)24-11-15-6-5-9-23-10-15/h3-10,13-14H,11-12H2,1-2H3,(H,24,28)(H,26,29). The highest BCUT2D eigenvalue weighted by molar-refractivity contribution is 7.09. The maximum Gasteiger partial charge on any atom is 0.322 e. The van der Waals surface area contributed by atoms with Gasteiger partial charge in [0.25, 0.3) is 5.91 Å². The summed E-state index contributed by atoms with van der Waals surface area (Å²) in [7, 11) is 0. The van der Waals surface area contributed by atoms with E-state index in [1.807, 2.05) is 19.9 Å². The number of benzene rings is 1. The molecule has 156 valence electrons. The van der Waals surface area contributed by atoms with Crippen LogP contribution in [-0.2, 0) is 13.1 Å². The highest BCUT2D eigenvalue weighted by Gasteiger charge is 2.21. The van der Waals surface area contributed by atoms with Crippen molar-refractivity contribution in [1.82, 2.24) is 20.2 Å². The van der Waals surface area contributed by atoms with Gasteiger partial charge in [0.2, 0.25) is 0 Å².